The lowest BCUT2D eigenvalue weighted by atomic mass is 10.1. The average molecular weight is 501 g/mol. The number of hydrogen-bond donors (Lipinski definition) is 1. The second-order valence-electron chi connectivity index (χ2n) is 10.2. The van der Waals surface area contributed by atoms with Crippen LogP contribution in [0.25, 0.3) is 0 Å². The lowest BCUT2D eigenvalue weighted by Crippen LogP contribution is -2.45. The van der Waals surface area contributed by atoms with Crippen LogP contribution in [0.5, 0.6) is 0 Å². The van der Waals surface area contributed by atoms with Crippen LogP contribution in [0.4, 0.5) is 5.69 Å². The van der Waals surface area contributed by atoms with Gasteiger partial charge in [-0.05, 0) is 61.4 Å². The Morgan fingerprint density at radius 3 is 2.68 bits per heavy atom. The van der Waals surface area contributed by atoms with E-state index < -0.39 is 0 Å². The first-order valence-electron chi connectivity index (χ1n) is 13.4. The summed E-state index contributed by atoms with van der Waals surface area (Å²) in [7, 11) is 0. The monoisotopic (exact) mass is 500 g/mol. The van der Waals surface area contributed by atoms with Crippen LogP contribution in [0.1, 0.15) is 55.8 Å². The van der Waals surface area contributed by atoms with Crippen molar-refractivity contribution in [1.29, 1.82) is 0 Å². The SMILES string of the molecule is CC(=O)N1CC[C@@H]2CC[C@H](CN(C(=O)CCCc3cn[nH]c3)Cc3ccccc31)N2Cc1ccccn1. The van der Waals surface area contributed by atoms with Gasteiger partial charge < -0.3 is 9.80 Å². The number of aryl methyl sites for hydroxylation is 1. The number of amides is 2. The average Bonchev–Trinajstić information content (AvgIpc) is 3.54. The molecule has 1 N–H and O–H groups in total. The van der Waals surface area contributed by atoms with Gasteiger partial charge in [0.1, 0.15) is 0 Å². The number of aromatic amines is 1. The van der Waals surface area contributed by atoms with Crippen LogP contribution in [0.15, 0.2) is 61.1 Å². The maximum atomic E-state index is 13.6. The number of pyridine rings is 1. The molecule has 0 unspecified atom stereocenters. The van der Waals surface area contributed by atoms with E-state index >= 15 is 0 Å². The number of anilines is 1. The summed E-state index contributed by atoms with van der Waals surface area (Å²) in [4.78, 5) is 37.4. The number of rotatable bonds is 6. The fourth-order valence-corrected chi connectivity index (χ4v) is 5.82. The lowest BCUT2D eigenvalue weighted by Gasteiger charge is -2.33. The highest BCUT2D eigenvalue weighted by Crippen LogP contribution is 2.32. The predicted molar refractivity (Wildman–Crippen MR) is 143 cm³/mol. The highest BCUT2D eigenvalue weighted by molar-refractivity contribution is 5.92. The van der Waals surface area contributed by atoms with Gasteiger partial charge in [0.15, 0.2) is 0 Å². The Labute approximate surface area is 218 Å². The summed E-state index contributed by atoms with van der Waals surface area (Å²) >= 11 is 0. The normalized spacial score (nSPS) is 20.4. The zero-order chi connectivity index (χ0) is 25.6. The van der Waals surface area contributed by atoms with Gasteiger partial charge in [0.25, 0.3) is 0 Å². The molecule has 5 rings (SSSR count). The smallest absolute Gasteiger partial charge is 0.223 e. The predicted octanol–water partition coefficient (Wildman–Crippen LogP) is 3.95. The zero-order valence-electron chi connectivity index (χ0n) is 21.6. The molecule has 0 saturated carbocycles. The number of aromatic nitrogens is 3. The fourth-order valence-electron chi connectivity index (χ4n) is 5.82. The van der Waals surface area contributed by atoms with Gasteiger partial charge in [0.2, 0.25) is 11.8 Å². The van der Waals surface area contributed by atoms with Crippen molar-refractivity contribution in [3.05, 3.63) is 77.9 Å². The minimum Gasteiger partial charge on any atom is -0.337 e. The number of hydrogen-bond acceptors (Lipinski definition) is 5. The van der Waals surface area contributed by atoms with Crippen molar-refractivity contribution in [3.8, 4) is 0 Å². The highest BCUT2D eigenvalue weighted by atomic mass is 16.2. The molecule has 3 aromatic rings. The first-order valence-corrected chi connectivity index (χ1v) is 13.4. The molecule has 2 aliphatic rings. The topological polar surface area (TPSA) is 85.4 Å². The number of nitrogens with one attached hydrogen (secondary N) is 1. The van der Waals surface area contributed by atoms with Gasteiger partial charge >= 0.3 is 0 Å². The summed E-state index contributed by atoms with van der Waals surface area (Å²) in [5.41, 5.74) is 4.10. The van der Waals surface area contributed by atoms with Crippen LogP contribution in [-0.4, -0.2) is 62.0 Å². The number of nitrogens with zero attached hydrogens (tertiary/aromatic N) is 5. The van der Waals surface area contributed by atoms with E-state index in [0.717, 1.165) is 61.2 Å². The van der Waals surface area contributed by atoms with Crippen LogP contribution < -0.4 is 4.90 Å². The minimum absolute atomic E-state index is 0.0375. The van der Waals surface area contributed by atoms with E-state index in [1.165, 1.54) is 0 Å². The molecule has 0 radical (unpaired) electrons. The van der Waals surface area contributed by atoms with E-state index in [-0.39, 0.29) is 17.9 Å². The van der Waals surface area contributed by atoms with Crippen molar-refractivity contribution >= 4 is 17.5 Å². The van der Waals surface area contributed by atoms with E-state index in [1.54, 1.807) is 6.92 Å². The molecular weight excluding hydrogens is 464 g/mol. The van der Waals surface area contributed by atoms with Gasteiger partial charge in [-0.15, -0.1) is 0 Å². The van der Waals surface area contributed by atoms with Gasteiger partial charge in [-0.2, -0.15) is 5.10 Å². The third-order valence-corrected chi connectivity index (χ3v) is 7.75. The van der Waals surface area contributed by atoms with Crippen LogP contribution >= 0.6 is 0 Å². The molecule has 37 heavy (non-hydrogen) atoms. The molecule has 8 heteroatoms. The molecule has 0 spiro atoms. The molecule has 8 nitrogen and oxygen atoms in total. The van der Waals surface area contributed by atoms with Gasteiger partial charge in [-0.3, -0.25) is 24.6 Å². The maximum absolute atomic E-state index is 13.6. The number of para-hydroxylation sites is 1. The van der Waals surface area contributed by atoms with Crippen LogP contribution in [0, 0.1) is 0 Å². The molecule has 1 aromatic carbocycles. The Balaban J connectivity index is 1.42. The second-order valence-corrected chi connectivity index (χ2v) is 10.2. The Morgan fingerprint density at radius 1 is 1.05 bits per heavy atom. The molecular formula is C29H36N6O2. The van der Waals surface area contributed by atoms with E-state index in [4.69, 9.17) is 0 Å². The molecule has 1 saturated heterocycles. The van der Waals surface area contributed by atoms with E-state index in [0.29, 0.717) is 32.1 Å². The fraction of sp³-hybridized carbons (Fsp3) is 0.448. The van der Waals surface area contributed by atoms with Crippen molar-refractivity contribution in [1.82, 2.24) is 25.0 Å². The third-order valence-electron chi connectivity index (χ3n) is 7.75. The lowest BCUT2D eigenvalue weighted by molar-refractivity contribution is -0.132. The summed E-state index contributed by atoms with van der Waals surface area (Å²) in [6, 6.07) is 14.7. The molecule has 2 atom stereocenters. The quantitative estimate of drug-likeness (QED) is 0.554. The number of carbonyl (C=O) groups excluding carboxylic acids is 2. The second kappa shape index (κ2) is 11.7. The first-order chi connectivity index (χ1) is 18.1. The van der Waals surface area contributed by atoms with Gasteiger partial charge in [0, 0.05) is 69.7 Å². The van der Waals surface area contributed by atoms with Crippen molar-refractivity contribution in [2.75, 3.05) is 18.0 Å². The molecule has 2 bridgehead atoms. The van der Waals surface area contributed by atoms with E-state index in [9.17, 15) is 9.59 Å². The molecule has 194 valence electrons. The molecule has 4 heterocycles. The summed E-state index contributed by atoms with van der Waals surface area (Å²) in [5.74, 6) is 0.198. The molecule has 0 aliphatic carbocycles. The van der Waals surface area contributed by atoms with Gasteiger partial charge in [-0.1, -0.05) is 24.3 Å². The third kappa shape index (κ3) is 6.07. The Kier molecular flexibility index (Phi) is 7.94. The number of carbonyl (C=O) groups is 2. The van der Waals surface area contributed by atoms with Crippen molar-refractivity contribution in [2.45, 2.75) is 70.6 Å². The Morgan fingerprint density at radius 2 is 1.89 bits per heavy atom. The van der Waals surface area contributed by atoms with Crippen molar-refractivity contribution < 1.29 is 9.59 Å². The van der Waals surface area contributed by atoms with Gasteiger partial charge in [0.05, 0.1) is 11.9 Å². The Hall–Kier alpha value is -3.52. The molecule has 1 fully saturated rings. The largest absolute Gasteiger partial charge is 0.337 e. The van der Waals surface area contributed by atoms with Crippen molar-refractivity contribution in [2.24, 2.45) is 0 Å². The molecule has 2 amide bonds. The van der Waals surface area contributed by atoms with Crippen LogP contribution in [-0.2, 0) is 29.1 Å². The van der Waals surface area contributed by atoms with Crippen molar-refractivity contribution in [3.63, 3.8) is 0 Å². The van der Waals surface area contributed by atoms with E-state index in [2.05, 4.69) is 32.2 Å². The molecule has 2 aromatic heterocycles. The Bertz CT molecular complexity index is 1180. The zero-order valence-corrected chi connectivity index (χ0v) is 21.6. The number of benzene rings is 1. The minimum atomic E-state index is 0.0375. The van der Waals surface area contributed by atoms with Gasteiger partial charge in [-0.25, -0.2) is 0 Å². The number of fused-ring (bicyclic) bond motifs is 3. The summed E-state index contributed by atoms with van der Waals surface area (Å²) in [6.07, 6.45) is 10.6. The molecule has 2 aliphatic heterocycles. The number of H-pyrrole nitrogens is 1. The van der Waals surface area contributed by atoms with E-state index in [1.807, 2.05) is 58.7 Å². The maximum Gasteiger partial charge on any atom is 0.223 e. The summed E-state index contributed by atoms with van der Waals surface area (Å²) in [5, 5.41) is 6.86. The van der Waals surface area contributed by atoms with Crippen LogP contribution in [0.3, 0.4) is 0 Å². The first kappa shape index (κ1) is 25.1. The summed E-state index contributed by atoms with van der Waals surface area (Å²) < 4.78 is 0. The summed E-state index contributed by atoms with van der Waals surface area (Å²) in [6.45, 7) is 4.25. The van der Waals surface area contributed by atoms with Crippen LogP contribution in [0.2, 0.25) is 0 Å². The highest BCUT2D eigenvalue weighted by Gasteiger charge is 2.36. The standard InChI is InChI=1S/C29H36N6O2/c1-22(36)34-16-14-26-12-13-27(35(26)20-25-9-4-5-15-30-25)21-33(19-24-8-2-3-10-28(24)34)29(37)11-6-7-23-17-31-32-18-23/h2-5,8-10,15,17-18,26-27H,6-7,11-14,16,19-21H2,1H3,(H,31,32)/t26-,27+/m0/s1.